The Bertz CT molecular complexity index is 599. The summed E-state index contributed by atoms with van der Waals surface area (Å²) in [6.45, 7) is 2.35. The summed E-state index contributed by atoms with van der Waals surface area (Å²) in [5, 5.41) is 0. The summed E-state index contributed by atoms with van der Waals surface area (Å²) >= 11 is 5.80. The van der Waals surface area contributed by atoms with Gasteiger partial charge >= 0.3 is 0 Å². The van der Waals surface area contributed by atoms with Crippen LogP contribution in [-0.2, 0) is 12.5 Å². The molecule has 2 aromatic carbocycles. The van der Waals surface area contributed by atoms with Gasteiger partial charge < -0.3 is 9.47 Å². The minimum atomic E-state index is -0.318. The smallest absolute Gasteiger partial charge is 0.125 e. The normalized spacial score (nSPS) is 10.4. The first kappa shape index (κ1) is 14.7. The molecular formula is C16H16ClFO2. The van der Waals surface area contributed by atoms with Crippen molar-refractivity contribution in [2.75, 3.05) is 7.11 Å². The highest BCUT2D eigenvalue weighted by Gasteiger charge is 2.08. The van der Waals surface area contributed by atoms with Crippen molar-refractivity contribution in [1.82, 2.24) is 0 Å². The summed E-state index contributed by atoms with van der Waals surface area (Å²) in [5.74, 6) is 1.24. The van der Waals surface area contributed by atoms with Crippen LogP contribution < -0.4 is 9.47 Å². The fraction of sp³-hybridized carbons (Fsp3) is 0.250. The Labute approximate surface area is 123 Å². The van der Waals surface area contributed by atoms with Crippen LogP contribution >= 0.6 is 11.6 Å². The van der Waals surface area contributed by atoms with Crippen molar-refractivity contribution in [2.24, 2.45) is 0 Å². The molecular weight excluding hydrogens is 279 g/mol. The second-order valence-electron chi connectivity index (χ2n) is 4.49. The molecule has 0 radical (unpaired) electrons. The zero-order valence-corrected chi connectivity index (χ0v) is 12.2. The minimum Gasteiger partial charge on any atom is -0.496 e. The third-order valence-corrected chi connectivity index (χ3v) is 3.27. The molecule has 0 aliphatic heterocycles. The Morgan fingerprint density at radius 1 is 1.05 bits per heavy atom. The molecule has 0 atom stereocenters. The Morgan fingerprint density at radius 3 is 2.50 bits per heavy atom. The Kier molecular flexibility index (Phi) is 4.85. The van der Waals surface area contributed by atoms with Crippen LogP contribution in [0.2, 0.25) is 0 Å². The Balaban J connectivity index is 2.18. The summed E-state index contributed by atoms with van der Waals surface area (Å²) in [6, 6.07) is 10.2. The van der Waals surface area contributed by atoms with E-state index in [9.17, 15) is 4.39 Å². The van der Waals surface area contributed by atoms with Crippen LogP contribution in [0.5, 0.6) is 11.5 Å². The Hall–Kier alpha value is -1.74. The van der Waals surface area contributed by atoms with Gasteiger partial charge in [-0.25, -0.2) is 4.39 Å². The van der Waals surface area contributed by atoms with Gasteiger partial charge in [0.25, 0.3) is 0 Å². The largest absolute Gasteiger partial charge is 0.496 e. The molecule has 0 spiro atoms. The van der Waals surface area contributed by atoms with E-state index in [4.69, 9.17) is 21.1 Å². The molecule has 0 unspecified atom stereocenters. The van der Waals surface area contributed by atoms with E-state index < -0.39 is 0 Å². The minimum absolute atomic E-state index is 0.206. The van der Waals surface area contributed by atoms with Crippen LogP contribution in [0, 0.1) is 12.7 Å². The monoisotopic (exact) mass is 294 g/mol. The van der Waals surface area contributed by atoms with Crippen molar-refractivity contribution in [3.8, 4) is 11.5 Å². The lowest BCUT2D eigenvalue weighted by Crippen LogP contribution is -2.01. The number of rotatable bonds is 5. The molecule has 0 heterocycles. The number of aryl methyl sites for hydroxylation is 1. The maximum absolute atomic E-state index is 13.1. The lowest BCUT2D eigenvalue weighted by molar-refractivity contribution is 0.294. The lowest BCUT2D eigenvalue weighted by Gasteiger charge is -2.13. The third kappa shape index (κ3) is 3.42. The summed E-state index contributed by atoms with van der Waals surface area (Å²) in [7, 11) is 1.62. The molecule has 2 nitrogen and oxygen atoms in total. The molecule has 106 valence electrons. The van der Waals surface area contributed by atoms with E-state index in [0.29, 0.717) is 17.9 Å². The van der Waals surface area contributed by atoms with Crippen molar-refractivity contribution in [3.05, 3.63) is 58.9 Å². The van der Waals surface area contributed by atoms with Gasteiger partial charge in [-0.15, -0.1) is 11.6 Å². The predicted molar refractivity (Wildman–Crippen MR) is 78.0 cm³/mol. The number of halogens is 2. The van der Waals surface area contributed by atoms with Crippen molar-refractivity contribution in [2.45, 2.75) is 19.4 Å². The van der Waals surface area contributed by atoms with Crippen molar-refractivity contribution < 1.29 is 13.9 Å². The third-order valence-electron chi connectivity index (χ3n) is 2.99. The SMILES string of the molecule is COc1ccc(C)cc1COc1ccc(F)cc1CCl. The second-order valence-corrected chi connectivity index (χ2v) is 4.76. The van der Waals surface area contributed by atoms with Crippen molar-refractivity contribution >= 4 is 11.6 Å². The van der Waals surface area contributed by atoms with E-state index in [1.165, 1.54) is 12.1 Å². The number of ether oxygens (including phenoxy) is 2. The maximum atomic E-state index is 13.1. The molecule has 0 fully saturated rings. The van der Waals surface area contributed by atoms with Gasteiger partial charge in [0, 0.05) is 11.1 Å². The summed E-state index contributed by atoms with van der Waals surface area (Å²) in [6.07, 6.45) is 0. The quantitative estimate of drug-likeness (QED) is 0.758. The average Bonchev–Trinajstić information content (AvgIpc) is 2.46. The highest BCUT2D eigenvalue weighted by molar-refractivity contribution is 6.17. The van der Waals surface area contributed by atoms with Gasteiger partial charge in [-0.2, -0.15) is 0 Å². The van der Waals surface area contributed by atoms with Crippen LogP contribution in [0.1, 0.15) is 16.7 Å². The molecule has 0 bridgehead atoms. The molecule has 20 heavy (non-hydrogen) atoms. The first-order valence-electron chi connectivity index (χ1n) is 6.24. The van der Waals surface area contributed by atoms with E-state index in [0.717, 1.165) is 16.9 Å². The van der Waals surface area contributed by atoms with Gasteiger partial charge in [0.15, 0.2) is 0 Å². The summed E-state index contributed by atoms with van der Waals surface area (Å²) in [5.41, 5.74) is 2.71. The zero-order valence-electron chi connectivity index (χ0n) is 11.5. The van der Waals surface area contributed by atoms with Gasteiger partial charge in [0.05, 0.1) is 13.0 Å². The fourth-order valence-corrected chi connectivity index (χ4v) is 2.18. The van der Waals surface area contributed by atoms with Crippen molar-refractivity contribution in [1.29, 1.82) is 0 Å². The molecule has 0 N–H and O–H groups in total. The molecule has 0 aromatic heterocycles. The number of benzene rings is 2. The molecule has 4 heteroatoms. The highest BCUT2D eigenvalue weighted by atomic mass is 35.5. The molecule has 0 aliphatic carbocycles. The first-order chi connectivity index (χ1) is 9.63. The average molecular weight is 295 g/mol. The summed E-state index contributed by atoms with van der Waals surface area (Å²) in [4.78, 5) is 0. The van der Waals surface area contributed by atoms with E-state index in [2.05, 4.69) is 0 Å². The fourth-order valence-electron chi connectivity index (χ4n) is 1.97. The molecule has 0 aliphatic rings. The van der Waals surface area contributed by atoms with Crippen molar-refractivity contribution in [3.63, 3.8) is 0 Å². The number of alkyl halides is 1. The van der Waals surface area contributed by atoms with E-state index in [1.54, 1.807) is 13.2 Å². The number of hydrogen-bond acceptors (Lipinski definition) is 2. The summed E-state index contributed by atoms with van der Waals surface area (Å²) < 4.78 is 24.2. The van der Waals surface area contributed by atoms with Crippen LogP contribution in [0.4, 0.5) is 4.39 Å². The number of hydrogen-bond donors (Lipinski definition) is 0. The van der Waals surface area contributed by atoms with E-state index in [-0.39, 0.29) is 11.7 Å². The van der Waals surface area contributed by atoms with Crippen LogP contribution in [0.3, 0.4) is 0 Å². The topological polar surface area (TPSA) is 18.5 Å². The molecule has 0 amide bonds. The van der Waals surface area contributed by atoms with E-state index >= 15 is 0 Å². The maximum Gasteiger partial charge on any atom is 0.125 e. The van der Waals surface area contributed by atoms with Gasteiger partial charge in [0.1, 0.15) is 23.9 Å². The predicted octanol–water partition coefficient (Wildman–Crippen LogP) is 4.46. The number of methoxy groups -OCH3 is 1. The Morgan fingerprint density at radius 2 is 1.80 bits per heavy atom. The van der Waals surface area contributed by atoms with Gasteiger partial charge in [-0.05, 0) is 37.3 Å². The molecule has 0 saturated heterocycles. The highest BCUT2D eigenvalue weighted by Crippen LogP contribution is 2.25. The zero-order chi connectivity index (χ0) is 14.5. The molecule has 2 rings (SSSR count). The van der Waals surface area contributed by atoms with E-state index in [1.807, 2.05) is 25.1 Å². The van der Waals surface area contributed by atoms with Gasteiger partial charge in [-0.3, -0.25) is 0 Å². The second kappa shape index (κ2) is 6.62. The molecule has 2 aromatic rings. The van der Waals surface area contributed by atoms with Gasteiger partial charge in [-0.1, -0.05) is 11.6 Å². The first-order valence-corrected chi connectivity index (χ1v) is 6.78. The van der Waals surface area contributed by atoms with Gasteiger partial charge in [0.2, 0.25) is 0 Å². The standard InChI is InChI=1S/C16H16ClFO2/c1-11-3-5-15(19-2)13(7-11)10-20-16-6-4-14(18)8-12(16)9-17/h3-8H,9-10H2,1-2H3. The van der Waals surface area contributed by atoms with Crippen LogP contribution in [0.15, 0.2) is 36.4 Å². The van der Waals surface area contributed by atoms with Crippen LogP contribution in [0.25, 0.3) is 0 Å². The lowest BCUT2D eigenvalue weighted by atomic mass is 10.1. The molecule has 0 saturated carbocycles. The van der Waals surface area contributed by atoms with Crippen LogP contribution in [-0.4, -0.2) is 7.11 Å².